The van der Waals surface area contributed by atoms with E-state index in [2.05, 4.69) is 5.43 Å². The molecule has 0 saturated carbocycles. The van der Waals surface area contributed by atoms with Gasteiger partial charge in [-0.2, -0.15) is 5.26 Å². The Morgan fingerprint density at radius 1 is 1.58 bits per heavy atom. The van der Waals surface area contributed by atoms with Gasteiger partial charge in [0, 0.05) is 0 Å². The average Bonchev–Trinajstić information content (AvgIpc) is 2.16. The summed E-state index contributed by atoms with van der Waals surface area (Å²) in [7, 11) is 1.51. The van der Waals surface area contributed by atoms with Crippen LogP contribution in [0.2, 0.25) is 0 Å². The number of benzene rings is 1. The largest absolute Gasteiger partial charge is 0.495 e. The third kappa shape index (κ3) is 1.31. The summed E-state index contributed by atoms with van der Waals surface area (Å²) < 4.78 is 4.96. The normalized spacial score (nSPS) is 8.75. The summed E-state index contributed by atoms with van der Waals surface area (Å²) in [5.41, 5.74) is 3.40. The molecule has 0 unspecified atom stereocenters. The van der Waals surface area contributed by atoms with Crippen LogP contribution in [0.1, 0.15) is 5.56 Å². The molecule has 0 bridgehead atoms. The van der Waals surface area contributed by atoms with Gasteiger partial charge in [-0.3, -0.25) is 5.84 Å². The van der Waals surface area contributed by atoms with E-state index in [1.165, 1.54) is 7.11 Å². The number of anilines is 1. The quantitative estimate of drug-likeness (QED) is 0.501. The topological polar surface area (TPSA) is 71.1 Å². The van der Waals surface area contributed by atoms with Crippen LogP contribution in [0.3, 0.4) is 0 Å². The number of rotatable bonds is 2. The van der Waals surface area contributed by atoms with E-state index in [0.717, 1.165) is 0 Å². The van der Waals surface area contributed by atoms with Gasteiger partial charge < -0.3 is 10.2 Å². The Morgan fingerprint density at radius 3 is 2.83 bits per heavy atom. The van der Waals surface area contributed by atoms with Crippen LogP contribution in [0.4, 0.5) is 5.69 Å². The van der Waals surface area contributed by atoms with Gasteiger partial charge >= 0.3 is 0 Å². The van der Waals surface area contributed by atoms with Gasteiger partial charge in [0.2, 0.25) is 0 Å². The number of nitrogens with zero attached hydrogens (tertiary/aromatic N) is 1. The van der Waals surface area contributed by atoms with E-state index in [-0.39, 0.29) is 0 Å². The Labute approximate surface area is 70.5 Å². The maximum atomic E-state index is 8.74. The first-order chi connectivity index (χ1) is 5.83. The zero-order chi connectivity index (χ0) is 8.97. The number of nitrogen functional groups attached to an aromatic ring is 1. The molecule has 0 aromatic heterocycles. The van der Waals surface area contributed by atoms with Gasteiger partial charge in [0.15, 0.2) is 0 Å². The minimum Gasteiger partial charge on any atom is -0.495 e. The highest BCUT2D eigenvalue weighted by Crippen LogP contribution is 2.23. The molecule has 0 fully saturated rings. The predicted molar refractivity (Wildman–Crippen MR) is 45.5 cm³/mol. The van der Waals surface area contributed by atoms with Crippen LogP contribution in [0, 0.1) is 11.3 Å². The first-order valence-corrected chi connectivity index (χ1v) is 3.37. The van der Waals surface area contributed by atoms with Crippen LogP contribution < -0.4 is 16.0 Å². The first-order valence-electron chi connectivity index (χ1n) is 3.37. The van der Waals surface area contributed by atoms with Crippen molar-refractivity contribution in [2.75, 3.05) is 12.5 Å². The highest BCUT2D eigenvalue weighted by atomic mass is 16.5. The van der Waals surface area contributed by atoms with Crippen molar-refractivity contribution in [3.05, 3.63) is 23.8 Å². The van der Waals surface area contributed by atoms with E-state index in [0.29, 0.717) is 17.0 Å². The average molecular weight is 163 g/mol. The lowest BCUT2D eigenvalue weighted by Gasteiger charge is -2.06. The maximum absolute atomic E-state index is 8.74. The fourth-order valence-corrected chi connectivity index (χ4v) is 0.937. The zero-order valence-electron chi connectivity index (χ0n) is 6.66. The van der Waals surface area contributed by atoms with Crippen LogP contribution in [0.25, 0.3) is 0 Å². The van der Waals surface area contributed by atoms with Crippen LogP contribution in [0.15, 0.2) is 18.2 Å². The maximum Gasteiger partial charge on any atom is 0.138 e. The van der Waals surface area contributed by atoms with Crippen molar-refractivity contribution < 1.29 is 4.74 Å². The molecule has 1 rings (SSSR count). The molecule has 12 heavy (non-hydrogen) atoms. The zero-order valence-corrected chi connectivity index (χ0v) is 6.66. The first kappa shape index (κ1) is 8.37. The van der Waals surface area contributed by atoms with E-state index in [4.69, 9.17) is 15.8 Å². The van der Waals surface area contributed by atoms with Crippen molar-refractivity contribution in [3.8, 4) is 11.8 Å². The number of ether oxygens (including phenoxy) is 1. The van der Waals surface area contributed by atoms with Gasteiger partial charge in [-0.15, -0.1) is 0 Å². The summed E-state index contributed by atoms with van der Waals surface area (Å²) in [5, 5.41) is 8.74. The second-order valence-corrected chi connectivity index (χ2v) is 2.14. The third-order valence-corrected chi connectivity index (χ3v) is 1.51. The number of nitrogens with one attached hydrogen (secondary N) is 1. The van der Waals surface area contributed by atoms with Crippen molar-refractivity contribution in [1.82, 2.24) is 0 Å². The van der Waals surface area contributed by atoms with Gasteiger partial charge in [-0.25, -0.2) is 0 Å². The molecule has 0 heterocycles. The highest BCUT2D eigenvalue weighted by molar-refractivity contribution is 5.62. The summed E-state index contributed by atoms with van der Waals surface area (Å²) in [5.74, 6) is 5.71. The highest BCUT2D eigenvalue weighted by Gasteiger charge is 2.05. The fraction of sp³-hybridized carbons (Fsp3) is 0.125. The molecule has 0 amide bonds. The van der Waals surface area contributed by atoms with Gasteiger partial charge in [0.1, 0.15) is 17.4 Å². The molecule has 1 aromatic rings. The lowest BCUT2D eigenvalue weighted by Crippen LogP contribution is -2.08. The van der Waals surface area contributed by atoms with E-state index in [9.17, 15) is 0 Å². The fourth-order valence-electron chi connectivity index (χ4n) is 0.937. The van der Waals surface area contributed by atoms with Gasteiger partial charge in [0.25, 0.3) is 0 Å². The van der Waals surface area contributed by atoms with Crippen molar-refractivity contribution in [1.29, 1.82) is 5.26 Å². The summed E-state index contributed by atoms with van der Waals surface area (Å²) in [6.45, 7) is 0. The Hall–Kier alpha value is -1.73. The molecule has 0 radical (unpaired) electrons. The second-order valence-electron chi connectivity index (χ2n) is 2.14. The number of hydrogen-bond donors (Lipinski definition) is 2. The molecule has 0 aliphatic rings. The number of methoxy groups -OCH3 is 1. The SMILES string of the molecule is COc1cccc(NN)c1C#N. The standard InChI is InChI=1S/C8H9N3O/c1-12-8-4-2-3-7(11-10)6(8)5-9/h2-4,11H,10H2,1H3. The smallest absolute Gasteiger partial charge is 0.138 e. The Balaban J connectivity index is 3.25. The van der Waals surface area contributed by atoms with Crippen molar-refractivity contribution in [2.45, 2.75) is 0 Å². The lowest BCUT2D eigenvalue weighted by atomic mass is 10.2. The monoisotopic (exact) mass is 163 g/mol. The summed E-state index contributed by atoms with van der Waals surface area (Å²) >= 11 is 0. The molecule has 4 heteroatoms. The van der Waals surface area contributed by atoms with Crippen LogP contribution >= 0.6 is 0 Å². The number of nitriles is 1. The molecule has 3 N–H and O–H groups in total. The molecule has 0 saturated heterocycles. The predicted octanol–water partition coefficient (Wildman–Crippen LogP) is 0.852. The molecule has 4 nitrogen and oxygen atoms in total. The molecular weight excluding hydrogens is 154 g/mol. The number of hydrazine groups is 1. The minimum atomic E-state index is 0.419. The molecule has 0 aliphatic heterocycles. The number of nitrogens with two attached hydrogens (primary N) is 1. The molecule has 0 spiro atoms. The van der Waals surface area contributed by atoms with E-state index in [1.807, 2.05) is 6.07 Å². The van der Waals surface area contributed by atoms with E-state index < -0.39 is 0 Å². The molecular formula is C8H9N3O. The number of hydrogen-bond acceptors (Lipinski definition) is 4. The van der Waals surface area contributed by atoms with Gasteiger partial charge in [-0.05, 0) is 12.1 Å². The summed E-state index contributed by atoms with van der Waals surface area (Å²) in [6, 6.07) is 7.17. The molecule has 0 atom stereocenters. The Morgan fingerprint density at radius 2 is 2.33 bits per heavy atom. The van der Waals surface area contributed by atoms with Crippen molar-refractivity contribution in [2.24, 2.45) is 5.84 Å². The minimum absolute atomic E-state index is 0.419. The molecule has 0 aliphatic carbocycles. The van der Waals surface area contributed by atoms with Crippen molar-refractivity contribution >= 4 is 5.69 Å². The van der Waals surface area contributed by atoms with Crippen LogP contribution in [-0.2, 0) is 0 Å². The van der Waals surface area contributed by atoms with Gasteiger partial charge in [-0.1, -0.05) is 6.07 Å². The Bertz CT molecular complexity index is 294. The van der Waals surface area contributed by atoms with E-state index >= 15 is 0 Å². The lowest BCUT2D eigenvalue weighted by molar-refractivity contribution is 0.413. The second kappa shape index (κ2) is 3.60. The summed E-state index contributed by atoms with van der Waals surface area (Å²) in [6.07, 6.45) is 0. The summed E-state index contributed by atoms with van der Waals surface area (Å²) in [4.78, 5) is 0. The van der Waals surface area contributed by atoms with E-state index in [1.54, 1.807) is 18.2 Å². The molecule has 1 aromatic carbocycles. The third-order valence-electron chi connectivity index (χ3n) is 1.51. The van der Waals surface area contributed by atoms with Crippen LogP contribution in [0.5, 0.6) is 5.75 Å². The van der Waals surface area contributed by atoms with Crippen molar-refractivity contribution in [3.63, 3.8) is 0 Å². The Kier molecular flexibility index (Phi) is 2.51. The molecule has 62 valence electrons. The van der Waals surface area contributed by atoms with Crippen LogP contribution in [-0.4, -0.2) is 7.11 Å². The van der Waals surface area contributed by atoms with Gasteiger partial charge in [0.05, 0.1) is 12.8 Å².